The van der Waals surface area contributed by atoms with E-state index in [0.29, 0.717) is 23.2 Å². The van der Waals surface area contributed by atoms with Gasteiger partial charge in [-0.15, -0.1) is 0 Å². The Bertz CT molecular complexity index is 590. The van der Waals surface area contributed by atoms with Gasteiger partial charge in [0.1, 0.15) is 7.85 Å². The van der Waals surface area contributed by atoms with Gasteiger partial charge in [-0.2, -0.15) is 0 Å². The summed E-state index contributed by atoms with van der Waals surface area (Å²) in [6.07, 6.45) is 13.6. The van der Waals surface area contributed by atoms with E-state index in [-0.39, 0.29) is 0 Å². The van der Waals surface area contributed by atoms with Crippen molar-refractivity contribution in [3.05, 3.63) is 0 Å². The summed E-state index contributed by atoms with van der Waals surface area (Å²) in [6, 6.07) is 0. The molecule has 0 bridgehead atoms. The molecule has 4 aliphatic rings. The highest BCUT2D eigenvalue weighted by Gasteiger charge is 2.60. The molecular weight excluding hydrogens is 335 g/mol. The van der Waals surface area contributed by atoms with Crippen LogP contribution in [0.3, 0.4) is 0 Å². The highest BCUT2D eigenvalue weighted by Crippen LogP contribution is 2.68. The van der Waals surface area contributed by atoms with Crippen LogP contribution in [0, 0.1) is 40.4 Å². The van der Waals surface area contributed by atoms with E-state index in [1.54, 1.807) is 0 Å². The van der Waals surface area contributed by atoms with Crippen molar-refractivity contribution in [1.82, 2.24) is 0 Å². The van der Waals surface area contributed by atoms with Crippen molar-refractivity contribution < 1.29 is 15.0 Å². The minimum atomic E-state index is -0.641. The van der Waals surface area contributed by atoms with Gasteiger partial charge in [-0.1, -0.05) is 13.8 Å². The van der Waals surface area contributed by atoms with Gasteiger partial charge in [-0.25, -0.2) is 0 Å². The first-order chi connectivity index (χ1) is 12.7. The number of carbonyl (C=O) groups is 1. The highest BCUT2D eigenvalue weighted by molar-refractivity contribution is 6.14. The lowest BCUT2D eigenvalue weighted by molar-refractivity contribution is -0.137. The van der Waals surface area contributed by atoms with Gasteiger partial charge in [0.15, 0.2) is 0 Å². The smallest absolute Gasteiger partial charge is 0.303 e. The molecule has 4 heteroatoms. The summed E-state index contributed by atoms with van der Waals surface area (Å²) in [4.78, 5) is 10.9. The lowest BCUT2D eigenvalue weighted by Crippen LogP contribution is -2.56. The third-order valence-corrected chi connectivity index (χ3v) is 10.1. The van der Waals surface area contributed by atoms with Crippen molar-refractivity contribution in [2.75, 3.05) is 0 Å². The maximum absolute atomic E-state index is 10.9. The number of aliphatic hydroxyl groups is 1. The Labute approximate surface area is 166 Å². The molecule has 0 aromatic carbocycles. The van der Waals surface area contributed by atoms with E-state index in [2.05, 4.69) is 21.7 Å². The molecule has 0 aromatic rings. The molecule has 0 radical (unpaired) electrons. The molecular formula is C23H39BO3. The maximum Gasteiger partial charge on any atom is 0.303 e. The van der Waals surface area contributed by atoms with Crippen LogP contribution in [0.15, 0.2) is 0 Å². The van der Waals surface area contributed by atoms with E-state index >= 15 is 0 Å². The van der Waals surface area contributed by atoms with Crippen molar-refractivity contribution >= 4 is 13.8 Å². The fourth-order valence-corrected chi connectivity index (χ4v) is 8.51. The number of rotatable bonds is 4. The zero-order chi connectivity index (χ0) is 19.4. The van der Waals surface area contributed by atoms with Crippen molar-refractivity contribution in [2.24, 2.45) is 40.4 Å². The molecule has 8 atom stereocenters. The molecule has 4 rings (SSSR count). The molecule has 0 heterocycles. The van der Waals surface area contributed by atoms with E-state index in [4.69, 9.17) is 5.11 Å². The predicted molar refractivity (Wildman–Crippen MR) is 110 cm³/mol. The van der Waals surface area contributed by atoms with Gasteiger partial charge in [0.2, 0.25) is 0 Å². The zero-order valence-electron chi connectivity index (χ0n) is 17.7. The van der Waals surface area contributed by atoms with E-state index < -0.39 is 11.5 Å². The fraction of sp³-hybridized carbons (Fsp3) is 0.957. The fourth-order valence-electron chi connectivity index (χ4n) is 8.51. The molecule has 0 saturated heterocycles. The van der Waals surface area contributed by atoms with Crippen LogP contribution >= 0.6 is 0 Å². The second-order valence-corrected chi connectivity index (χ2v) is 11.5. The van der Waals surface area contributed by atoms with Crippen LogP contribution in [-0.4, -0.2) is 29.5 Å². The molecule has 2 N–H and O–H groups in total. The molecule has 27 heavy (non-hydrogen) atoms. The summed E-state index contributed by atoms with van der Waals surface area (Å²) in [5, 5.41) is 19.6. The molecule has 4 fully saturated rings. The first-order valence-electron chi connectivity index (χ1n) is 11.6. The molecule has 152 valence electrons. The van der Waals surface area contributed by atoms with Gasteiger partial charge in [0.05, 0.1) is 0 Å². The first kappa shape index (κ1) is 19.8. The lowest BCUT2D eigenvalue weighted by Gasteiger charge is -2.62. The van der Waals surface area contributed by atoms with Gasteiger partial charge >= 0.3 is 5.97 Å². The number of hydrogen-bond donors (Lipinski definition) is 2. The van der Waals surface area contributed by atoms with Gasteiger partial charge in [0.25, 0.3) is 0 Å². The van der Waals surface area contributed by atoms with Crippen LogP contribution < -0.4 is 0 Å². The van der Waals surface area contributed by atoms with E-state index in [1.807, 2.05) is 0 Å². The third-order valence-electron chi connectivity index (χ3n) is 10.1. The van der Waals surface area contributed by atoms with Crippen LogP contribution in [0.5, 0.6) is 0 Å². The topological polar surface area (TPSA) is 57.5 Å². The number of hydrogen-bond acceptors (Lipinski definition) is 2. The normalized spacial score (nSPS) is 51.9. The monoisotopic (exact) mass is 374 g/mol. The summed E-state index contributed by atoms with van der Waals surface area (Å²) in [5.74, 6) is 3.38. The van der Waals surface area contributed by atoms with Gasteiger partial charge < -0.3 is 10.2 Å². The minimum absolute atomic E-state index is 0.336. The third kappa shape index (κ3) is 3.28. The van der Waals surface area contributed by atoms with Crippen LogP contribution in [0.1, 0.15) is 90.9 Å². The number of fused-ring (bicyclic) bond motifs is 5. The van der Waals surface area contributed by atoms with Gasteiger partial charge in [-0.05, 0) is 111 Å². The zero-order valence-corrected chi connectivity index (χ0v) is 17.7. The quantitative estimate of drug-likeness (QED) is 0.725. The predicted octanol–water partition coefficient (Wildman–Crippen LogP) is 4.22. The number of carboxylic acid groups (broad SMARTS) is 1. The summed E-state index contributed by atoms with van der Waals surface area (Å²) in [7, 11) is 2.05. The first-order valence-corrected chi connectivity index (χ1v) is 11.6. The van der Waals surface area contributed by atoms with Crippen LogP contribution in [0.4, 0.5) is 0 Å². The largest absolute Gasteiger partial charge is 0.481 e. The summed E-state index contributed by atoms with van der Waals surface area (Å²) in [6.45, 7) is 5.11. The maximum atomic E-state index is 10.9. The van der Waals surface area contributed by atoms with Crippen molar-refractivity contribution in [1.29, 1.82) is 0 Å². The van der Waals surface area contributed by atoms with Crippen molar-refractivity contribution in [2.45, 2.75) is 96.4 Å². The average molecular weight is 374 g/mol. The van der Waals surface area contributed by atoms with Crippen LogP contribution in [0.25, 0.3) is 0 Å². The molecule has 0 amide bonds. The van der Waals surface area contributed by atoms with Gasteiger partial charge in [0, 0.05) is 11.9 Å². The van der Waals surface area contributed by atoms with Crippen molar-refractivity contribution in [3.8, 4) is 0 Å². The summed E-state index contributed by atoms with van der Waals surface area (Å²) < 4.78 is 0. The molecule has 0 unspecified atom stereocenters. The highest BCUT2D eigenvalue weighted by atomic mass is 16.4. The SMILES string of the molecule is B[C@]1(O)CC[C@@]2(C)[C@H](CC[C@@H]3[C@@H]2CC[C@]2(C)[C@@H](CCCC(=O)O)CC[C@@H]32)C1. The minimum Gasteiger partial charge on any atom is -0.481 e. The summed E-state index contributed by atoms with van der Waals surface area (Å²) in [5.41, 5.74) is 0.444. The number of carboxylic acids is 1. The molecule has 0 aliphatic heterocycles. The van der Waals surface area contributed by atoms with Crippen LogP contribution in [0.2, 0.25) is 0 Å². The Kier molecular flexibility index (Phi) is 4.97. The lowest BCUT2D eigenvalue weighted by atomic mass is 9.42. The molecule has 3 nitrogen and oxygen atoms in total. The Morgan fingerprint density at radius 3 is 2.48 bits per heavy atom. The standard InChI is InChI=1S/C23H39BO3/c1-21-11-10-19-17(18(21)9-7-15(21)4-3-5-20(25)26)8-6-16-14-23(24,27)13-12-22(16,19)2/h15-19,27H,3-14,24H2,1-2H3,(H,25,26)/t15-,16+,17-,18-,19-,21+,22-,23-/m0/s1. The Morgan fingerprint density at radius 2 is 1.74 bits per heavy atom. The Morgan fingerprint density at radius 1 is 1.00 bits per heavy atom. The van der Waals surface area contributed by atoms with Gasteiger partial charge in [-0.3, -0.25) is 4.79 Å². The Balaban J connectivity index is 1.48. The second-order valence-electron chi connectivity index (χ2n) is 11.5. The van der Waals surface area contributed by atoms with E-state index in [0.717, 1.165) is 49.4 Å². The molecule has 4 saturated carbocycles. The Hall–Kier alpha value is -0.505. The van der Waals surface area contributed by atoms with Crippen LogP contribution in [-0.2, 0) is 4.79 Å². The molecule has 4 aliphatic carbocycles. The molecule has 0 spiro atoms. The number of aliphatic carboxylic acids is 1. The summed E-state index contributed by atoms with van der Waals surface area (Å²) >= 11 is 0. The average Bonchev–Trinajstić information content (AvgIpc) is 2.92. The van der Waals surface area contributed by atoms with E-state index in [1.165, 1.54) is 44.9 Å². The van der Waals surface area contributed by atoms with Crippen molar-refractivity contribution in [3.63, 3.8) is 0 Å². The second kappa shape index (κ2) is 6.78. The van der Waals surface area contributed by atoms with E-state index in [9.17, 15) is 9.90 Å². The molecule has 0 aromatic heterocycles.